The van der Waals surface area contributed by atoms with Gasteiger partial charge in [-0.3, -0.25) is 4.40 Å². The maximum Gasteiger partial charge on any atom is 0.180 e. The lowest BCUT2D eigenvalue weighted by Crippen LogP contribution is -2.29. The summed E-state index contributed by atoms with van der Waals surface area (Å²) in [5.74, 6) is 1.89. The lowest BCUT2D eigenvalue weighted by molar-refractivity contribution is 0.242. The maximum atomic E-state index is 13.8. The first-order valence-electron chi connectivity index (χ1n) is 8.68. The third-order valence-corrected chi connectivity index (χ3v) is 4.21. The van der Waals surface area contributed by atoms with E-state index in [9.17, 15) is 4.39 Å². The molecule has 4 rings (SSSR count). The van der Waals surface area contributed by atoms with Gasteiger partial charge in [-0.05, 0) is 26.0 Å². The number of halogens is 1. The summed E-state index contributed by atoms with van der Waals surface area (Å²) >= 11 is 0. The van der Waals surface area contributed by atoms with Gasteiger partial charge in [-0.2, -0.15) is 0 Å². The van der Waals surface area contributed by atoms with E-state index in [4.69, 9.17) is 4.74 Å². The van der Waals surface area contributed by atoms with Crippen LogP contribution in [0.15, 0.2) is 36.8 Å². The van der Waals surface area contributed by atoms with Crippen LogP contribution in [0.4, 0.5) is 10.2 Å². The van der Waals surface area contributed by atoms with E-state index < -0.39 is 6.17 Å². The summed E-state index contributed by atoms with van der Waals surface area (Å²) in [6.45, 7) is 4.91. The van der Waals surface area contributed by atoms with E-state index in [1.165, 1.54) is 0 Å². The molecule has 0 unspecified atom stereocenters. The van der Waals surface area contributed by atoms with Crippen molar-refractivity contribution in [3.05, 3.63) is 36.8 Å². The number of nitrogens with zero attached hydrogens (tertiary/aromatic N) is 4. The van der Waals surface area contributed by atoms with E-state index >= 15 is 0 Å². The molecule has 1 aliphatic heterocycles. The van der Waals surface area contributed by atoms with Gasteiger partial charge in [0.05, 0.1) is 18.3 Å². The Hall–Kier alpha value is -2.74. The summed E-state index contributed by atoms with van der Waals surface area (Å²) in [5.41, 5.74) is 1.52. The zero-order valence-corrected chi connectivity index (χ0v) is 14.7. The normalized spacial score (nSPS) is 20.0. The fourth-order valence-corrected chi connectivity index (χ4v) is 3.01. The number of alkyl halides is 1. The Morgan fingerprint density at radius 3 is 2.96 bits per heavy atom. The molecule has 26 heavy (non-hydrogen) atoms. The molecule has 4 heterocycles. The van der Waals surface area contributed by atoms with Crippen molar-refractivity contribution in [2.24, 2.45) is 0 Å². The molecule has 0 amide bonds. The number of nitrogens with one attached hydrogen (secondary N) is 2. The van der Waals surface area contributed by atoms with Crippen LogP contribution in [0.25, 0.3) is 17.2 Å². The van der Waals surface area contributed by atoms with E-state index in [1.54, 1.807) is 18.5 Å². The largest absolute Gasteiger partial charge is 0.491 e. The van der Waals surface area contributed by atoms with Gasteiger partial charge >= 0.3 is 0 Å². The number of hydrogen-bond donors (Lipinski definition) is 2. The lowest BCUT2D eigenvalue weighted by atomic mass is 10.2. The Bertz CT molecular complexity index is 912. The molecule has 0 aliphatic carbocycles. The molecule has 1 aliphatic rings. The highest BCUT2D eigenvalue weighted by molar-refractivity contribution is 5.59. The van der Waals surface area contributed by atoms with Gasteiger partial charge in [0.1, 0.15) is 29.1 Å². The molecule has 0 saturated carbocycles. The second-order valence-electron chi connectivity index (χ2n) is 6.59. The van der Waals surface area contributed by atoms with E-state index in [1.807, 2.05) is 36.6 Å². The number of ether oxygens (including phenoxy) is 1. The highest BCUT2D eigenvalue weighted by atomic mass is 19.1. The molecule has 136 valence electrons. The first-order valence-corrected chi connectivity index (χ1v) is 8.68. The van der Waals surface area contributed by atoms with Crippen LogP contribution in [-0.4, -0.2) is 50.8 Å². The van der Waals surface area contributed by atoms with Gasteiger partial charge in [-0.25, -0.2) is 19.3 Å². The molecule has 8 heteroatoms. The van der Waals surface area contributed by atoms with Crippen LogP contribution in [0.1, 0.15) is 13.8 Å². The summed E-state index contributed by atoms with van der Waals surface area (Å²) in [4.78, 5) is 13.3. The molecule has 0 aromatic carbocycles. The second-order valence-corrected chi connectivity index (χ2v) is 6.59. The van der Waals surface area contributed by atoms with Crippen LogP contribution in [-0.2, 0) is 0 Å². The summed E-state index contributed by atoms with van der Waals surface area (Å²) in [5, 5.41) is 6.15. The van der Waals surface area contributed by atoms with Crippen molar-refractivity contribution in [1.82, 2.24) is 24.7 Å². The molecule has 7 nitrogen and oxygen atoms in total. The first kappa shape index (κ1) is 16.7. The highest BCUT2D eigenvalue weighted by Crippen LogP contribution is 2.22. The first-order chi connectivity index (χ1) is 12.6. The highest BCUT2D eigenvalue weighted by Gasteiger charge is 2.26. The molecule has 1 fully saturated rings. The summed E-state index contributed by atoms with van der Waals surface area (Å²) < 4.78 is 21.4. The van der Waals surface area contributed by atoms with Crippen molar-refractivity contribution in [3.8, 4) is 17.3 Å². The molecular formula is C18H21FN6O. The number of aromatic nitrogens is 4. The number of anilines is 1. The van der Waals surface area contributed by atoms with Crippen molar-refractivity contribution >= 4 is 11.5 Å². The standard InChI is InChI=1S/C18H21FN6O/c1-11(2)26-12-4-6-25-15(10-22-17(25)7-12)18-21-5-3-16(24-18)23-14-9-20-8-13(14)19/h3-7,10-11,13-14,20H,8-9H2,1-2H3,(H,21,23,24)/t13-,14-/m0/s1. The molecule has 1 saturated heterocycles. The molecular weight excluding hydrogens is 335 g/mol. The quantitative estimate of drug-likeness (QED) is 0.731. The van der Waals surface area contributed by atoms with Crippen LogP contribution in [0.3, 0.4) is 0 Å². The average Bonchev–Trinajstić information content (AvgIpc) is 3.21. The van der Waals surface area contributed by atoms with Crippen LogP contribution in [0.2, 0.25) is 0 Å². The fourth-order valence-electron chi connectivity index (χ4n) is 3.01. The van der Waals surface area contributed by atoms with Crippen molar-refractivity contribution in [1.29, 1.82) is 0 Å². The predicted molar refractivity (Wildman–Crippen MR) is 97.2 cm³/mol. The number of pyridine rings is 1. The Labute approximate surface area is 150 Å². The monoisotopic (exact) mass is 356 g/mol. The molecule has 0 spiro atoms. The van der Waals surface area contributed by atoms with Gasteiger partial charge in [0, 0.05) is 31.5 Å². The lowest BCUT2D eigenvalue weighted by Gasteiger charge is -2.14. The Morgan fingerprint density at radius 2 is 2.19 bits per heavy atom. The van der Waals surface area contributed by atoms with Crippen molar-refractivity contribution in [2.75, 3.05) is 18.4 Å². The minimum atomic E-state index is -0.927. The number of fused-ring (bicyclic) bond motifs is 1. The summed E-state index contributed by atoms with van der Waals surface area (Å²) in [7, 11) is 0. The summed E-state index contributed by atoms with van der Waals surface area (Å²) in [6, 6.07) is 5.23. The number of imidazole rings is 1. The third-order valence-electron chi connectivity index (χ3n) is 4.21. The van der Waals surface area contributed by atoms with Crippen LogP contribution < -0.4 is 15.4 Å². The van der Waals surface area contributed by atoms with Crippen LogP contribution in [0.5, 0.6) is 5.75 Å². The van der Waals surface area contributed by atoms with Gasteiger partial charge in [0.25, 0.3) is 0 Å². The predicted octanol–water partition coefficient (Wildman–Crippen LogP) is 2.30. The molecule has 2 atom stereocenters. The van der Waals surface area contributed by atoms with E-state index in [-0.39, 0.29) is 12.1 Å². The molecule has 0 bridgehead atoms. The topological polar surface area (TPSA) is 76.4 Å². The Morgan fingerprint density at radius 1 is 1.31 bits per heavy atom. The van der Waals surface area contributed by atoms with Gasteiger partial charge in [0.2, 0.25) is 0 Å². The van der Waals surface area contributed by atoms with Crippen molar-refractivity contribution in [3.63, 3.8) is 0 Å². The second kappa shape index (κ2) is 6.87. The van der Waals surface area contributed by atoms with Crippen LogP contribution in [0, 0.1) is 0 Å². The van der Waals surface area contributed by atoms with E-state index in [0.29, 0.717) is 24.7 Å². The smallest absolute Gasteiger partial charge is 0.180 e. The third kappa shape index (κ3) is 3.32. The zero-order valence-electron chi connectivity index (χ0n) is 14.7. The fraction of sp³-hybridized carbons (Fsp3) is 0.389. The average molecular weight is 356 g/mol. The Kier molecular flexibility index (Phi) is 4.42. The van der Waals surface area contributed by atoms with Gasteiger partial charge in [0.15, 0.2) is 5.82 Å². The number of hydrogen-bond acceptors (Lipinski definition) is 6. The molecule has 2 N–H and O–H groups in total. The van der Waals surface area contributed by atoms with Gasteiger partial charge in [-0.1, -0.05) is 0 Å². The zero-order chi connectivity index (χ0) is 18.1. The summed E-state index contributed by atoms with van der Waals surface area (Å²) in [6.07, 6.45) is 4.45. The molecule has 3 aromatic heterocycles. The molecule has 3 aromatic rings. The van der Waals surface area contributed by atoms with Gasteiger partial charge < -0.3 is 15.4 Å². The van der Waals surface area contributed by atoms with Crippen molar-refractivity contribution in [2.45, 2.75) is 32.2 Å². The maximum absolute atomic E-state index is 13.8. The molecule has 0 radical (unpaired) electrons. The van der Waals surface area contributed by atoms with E-state index in [0.717, 1.165) is 17.1 Å². The SMILES string of the molecule is CC(C)Oc1ccn2c(-c3nccc(N[C@H]4CNC[C@@H]4F)n3)cnc2c1. The van der Waals surface area contributed by atoms with Crippen LogP contribution >= 0.6 is 0 Å². The number of rotatable bonds is 5. The Balaban J connectivity index is 1.62. The van der Waals surface area contributed by atoms with Gasteiger partial charge in [-0.15, -0.1) is 0 Å². The van der Waals surface area contributed by atoms with Crippen molar-refractivity contribution < 1.29 is 9.13 Å². The minimum Gasteiger partial charge on any atom is -0.491 e. The van der Waals surface area contributed by atoms with E-state index in [2.05, 4.69) is 25.6 Å². The minimum absolute atomic E-state index is 0.0994.